The van der Waals surface area contributed by atoms with E-state index in [4.69, 9.17) is 15.9 Å². The number of carboxylic acids is 2. The molecule has 3 amide bonds. The molecule has 0 saturated heterocycles. The third-order valence-electron chi connectivity index (χ3n) is 4.70. The van der Waals surface area contributed by atoms with Crippen LogP contribution in [-0.4, -0.2) is 75.3 Å². The summed E-state index contributed by atoms with van der Waals surface area (Å²) >= 11 is 3.97. The Hall–Kier alpha value is -3.58. The fourth-order valence-electron chi connectivity index (χ4n) is 3.00. The number of carbonyl (C=O) groups is 5. The Labute approximate surface area is 193 Å². The Morgan fingerprint density at radius 1 is 1.03 bits per heavy atom. The number of carbonyl (C=O) groups excluding carboxylic acids is 3. The van der Waals surface area contributed by atoms with Crippen LogP contribution in [0.15, 0.2) is 30.5 Å². The van der Waals surface area contributed by atoms with Crippen molar-refractivity contribution >= 4 is 53.2 Å². The first-order valence-corrected chi connectivity index (χ1v) is 10.5. The van der Waals surface area contributed by atoms with Crippen molar-refractivity contribution in [3.05, 3.63) is 36.0 Å². The average Bonchev–Trinajstić information content (AvgIpc) is 3.18. The normalized spacial score (nSPS) is 13.5. The summed E-state index contributed by atoms with van der Waals surface area (Å²) in [6, 6.07) is 3.66. The monoisotopic (exact) mass is 479 g/mol. The molecule has 8 N–H and O–H groups in total. The van der Waals surface area contributed by atoms with Crippen molar-refractivity contribution in [2.24, 2.45) is 5.73 Å². The van der Waals surface area contributed by atoms with E-state index in [-0.39, 0.29) is 12.2 Å². The standard InChI is InChI=1S/C20H25N5O7S/c21-12(9-33)18(29)25-14(5-10-7-22-13-4-2-1-3-11(10)13)19(30)23-8-16(26)24-15(20(31)32)6-17(27)28/h1-4,7,12,14-15,22,33H,5-6,8-9,21H2,(H,23,30)(H,24,26)(H,25,29)(H,27,28)(H,31,32). The van der Waals surface area contributed by atoms with Gasteiger partial charge in [-0.05, 0) is 11.6 Å². The Morgan fingerprint density at radius 2 is 1.73 bits per heavy atom. The van der Waals surface area contributed by atoms with Crippen molar-refractivity contribution in [1.82, 2.24) is 20.9 Å². The molecule has 0 aliphatic rings. The van der Waals surface area contributed by atoms with Gasteiger partial charge in [-0.3, -0.25) is 19.2 Å². The smallest absolute Gasteiger partial charge is 0.326 e. The number of H-pyrrole nitrogens is 1. The molecule has 0 bridgehead atoms. The van der Waals surface area contributed by atoms with Gasteiger partial charge in [0.15, 0.2) is 0 Å². The van der Waals surface area contributed by atoms with E-state index in [0.29, 0.717) is 0 Å². The molecule has 1 aromatic carbocycles. The highest BCUT2D eigenvalue weighted by Crippen LogP contribution is 2.19. The second-order valence-corrected chi connectivity index (χ2v) is 7.55. The number of aliphatic carboxylic acids is 2. The Kier molecular flexibility index (Phi) is 9.24. The summed E-state index contributed by atoms with van der Waals surface area (Å²) in [6.45, 7) is -0.624. The largest absolute Gasteiger partial charge is 0.481 e. The number of thiol groups is 1. The molecular formula is C20H25N5O7S. The van der Waals surface area contributed by atoms with E-state index >= 15 is 0 Å². The molecule has 13 heteroatoms. The predicted octanol–water partition coefficient (Wildman–Crippen LogP) is -1.39. The molecule has 2 aromatic rings. The molecule has 0 aliphatic heterocycles. The first kappa shape index (κ1) is 25.7. The minimum absolute atomic E-state index is 0.0514. The van der Waals surface area contributed by atoms with E-state index in [1.54, 1.807) is 6.20 Å². The lowest BCUT2D eigenvalue weighted by Gasteiger charge is -2.20. The second-order valence-electron chi connectivity index (χ2n) is 7.19. The molecule has 2 rings (SSSR count). The van der Waals surface area contributed by atoms with Gasteiger partial charge in [0, 0.05) is 29.3 Å². The van der Waals surface area contributed by atoms with Crippen molar-refractivity contribution in [1.29, 1.82) is 0 Å². The second kappa shape index (κ2) is 11.9. The number of aromatic amines is 1. The fourth-order valence-corrected chi connectivity index (χ4v) is 3.17. The van der Waals surface area contributed by atoms with Gasteiger partial charge in [-0.1, -0.05) is 18.2 Å². The molecule has 3 atom stereocenters. The number of carboxylic acid groups (broad SMARTS) is 2. The van der Waals surface area contributed by atoms with Crippen molar-refractivity contribution in [3.8, 4) is 0 Å². The number of aromatic nitrogens is 1. The number of benzene rings is 1. The molecule has 0 radical (unpaired) electrons. The summed E-state index contributed by atoms with van der Waals surface area (Å²) in [4.78, 5) is 62.0. The Morgan fingerprint density at radius 3 is 2.36 bits per heavy atom. The van der Waals surface area contributed by atoms with Crippen LogP contribution < -0.4 is 21.7 Å². The third-order valence-corrected chi connectivity index (χ3v) is 5.09. The van der Waals surface area contributed by atoms with E-state index in [9.17, 15) is 24.0 Å². The van der Waals surface area contributed by atoms with Crippen LogP contribution in [0.4, 0.5) is 0 Å². The zero-order valence-corrected chi connectivity index (χ0v) is 18.3. The summed E-state index contributed by atoms with van der Waals surface area (Å²) in [5.41, 5.74) is 7.25. The molecule has 33 heavy (non-hydrogen) atoms. The van der Waals surface area contributed by atoms with Crippen LogP contribution in [0.2, 0.25) is 0 Å². The lowest BCUT2D eigenvalue weighted by Crippen LogP contribution is -2.54. The summed E-state index contributed by atoms with van der Waals surface area (Å²) < 4.78 is 0. The number of rotatable bonds is 12. The number of hydrogen-bond acceptors (Lipinski definition) is 7. The van der Waals surface area contributed by atoms with E-state index in [2.05, 4.69) is 28.2 Å². The maximum atomic E-state index is 12.8. The SMILES string of the molecule is NC(CS)C(=O)NC(Cc1c[nH]c2ccccc12)C(=O)NCC(=O)NC(CC(=O)O)C(=O)O. The molecule has 0 aliphatic carbocycles. The van der Waals surface area contributed by atoms with Gasteiger partial charge in [-0.25, -0.2) is 4.79 Å². The number of amides is 3. The minimum atomic E-state index is -1.65. The van der Waals surface area contributed by atoms with Gasteiger partial charge in [0.25, 0.3) is 0 Å². The first-order chi connectivity index (χ1) is 15.6. The molecule has 0 fully saturated rings. The molecule has 0 saturated carbocycles. The van der Waals surface area contributed by atoms with Gasteiger partial charge in [0.1, 0.15) is 12.1 Å². The van der Waals surface area contributed by atoms with Gasteiger partial charge in [-0.15, -0.1) is 0 Å². The molecule has 1 aromatic heterocycles. The maximum absolute atomic E-state index is 12.8. The van der Waals surface area contributed by atoms with Crippen LogP contribution >= 0.6 is 12.6 Å². The van der Waals surface area contributed by atoms with E-state index in [1.807, 2.05) is 29.6 Å². The topological polar surface area (TPSA) is 204 Å². The summed E-state index contributed by atoms with van der Waals surface area (Å²) in [5.74, 6) is -5.10. The summed E-state index contributed by atoms with van der Waals surface area (Å²) in [5, 5.41) is 25.5. The zero-order chi connectivity index (χ0) is 24.5. The van der Waals surface area contributed by atoms with Gasteiger partial charge in [0.05, 0.1) is 19.0 Å². The third kappa shape index (κ3) is 7.50. The summed E-state index contributed by atoms with van der Waals surface area (Å²) in [6.07, 6.45) is 0.959. The molecule has 178 valence electrons. The molecule has 0 spiro atoms. The van der Waals surface area contributed by atoms with Gasteiger partial charge >= 0.3 is 11.9 Å². The highest BCUT2D eigenvalue weighted by atomic mass is 32.1. The highest BCUT2D eigenvalue weighted by molar-refractivity contribution is 7.80. The predicted molar refractivity (Wildman–Crippen MR) is 121 cm³/mol. The van der Waals surface area contributed by atoms with E-state index in [0.717, 1.165) is 16.5 Å². The molecule has 12 nitrogen and oxygen atoms in total. The van der Waals surface area contributed by atoms with Crippen molar-refractivity contribution in [3.63, 3.8) is 0 Å². The highest BCUT2D eigenvalue weighted by Gasteiger charge is 2.26. The quantitative estimate of drug-likeness (QED) is 0.170. The van der Waals surface area contributed by atoms with Crippen LogP contribution in [0, 0.1) is 0 Å². The van der Waals surface area contributed by atoms with Crippen LogP contribution in [-0.2, 0) is 30.4 Å². The van der Waals surface area contributed by atoms with Gasteiger partial charge < -0.3 is 36.9 Å². The van der Waals surface area contributed by atoms with Crippen LogP contribution in [0.5, 0.6) is 0 Å². The first-order valence-electron chi connectivity index (χ1n) is 9.85. The van der Waals surface area contributed by atoms with Crippen molar-refractivity contribution in [2.75, 3.05) is 12.3 Å². The van der Waals surface area contributed by atoms with E-state index in [1.165, 1.54) is 0 Å². The molecular weight excluding hydrogens is 454 g/mol. The lowest BCUT2D eigenvalue weighted by atomic mass is 10.0. The number of nitrogens with one attached hydrogen (secondary N) is 4. The van der Waals surface area contributed by atoms with Crippen molar-refractivity contribution < 1.29 is 34.2 Å². The Bertz CT molecular complexity index is 1040. The number of nitrogens with two attached hydrogens (primary N) is 1. The molecule has 1 heterocycles. The molecule has 3 unspecified atom stereocenters. The number of para-hydroxylation sites is 1. The summed E-state index contributed by atoms with van der Waals surface area (Å²) in [7, 11) is 0. The maximum Gasteiger partial charge on any atom is 0.326 e. The zero-order valence-electron chi connectivity index (χ0n) is 17.4. The average molecular weight is 480 g/mol. The Balaban J connectivity index is 2.09. The van der Waals surface area contributed by atoms with Crippen LogP contribution in [0.1, 0.15) is 12.0 Å². The van der Waals surface area contributed by atoms with Gasteiger partial charge in [0.2, 0.25) is 17.7 Å². The number of hydrogen-bond donors (Lipinski definition) is 8. The minimum Gasteiger partial charge on any atom is -0.481 e. The number of fused-ring (bicyclic) bond motifs is 1. The van der Waals surface area contributed by atoms with E-state index < -0.39 is 60.8 Å². The van der Waals surface area contributed by atoms with Crippen molar-refractivity contribution in [2.45, 2.75) is 31.0 Å². The van der Waals surface area contributed by atoms with Gasteiger partial charge in [-0.2, -0.15) is 12.6 Å². The van der Waals surface area contributed by atoms with Crippen LogP contribution in [0.25, 0.3) is 10.9 Å². The lowest BCUT2D eigenvalue weighted by molar-refractivity contribution is -0.147. The fraction of sp³-hybridized carbons (Fsp3) is 0.350. The van der Waals surface area contributed by atoms with Crippen LogP contribution in [0.3, 0.4) is 0 Å².